The van der Waals surface area contributed by atoms with E-state index in [0.717, 1.165) is 48.4 Å². The number of hydrogen-bond donors (Lipinski definition) is 0. The number of fused-ring (bicyclic) bond motifs is 1. The van der Waals surface area contributed by atoms with E-state index in [2.05, 4.69) is 29.7 Å². The van der Waals surface area contributed by atoms with Crippen LogP contribution in [0, 0.1) is 0 Å². The molecule has 0 aliphatic carbocycles. The van der Waals surface area contributed by atoms with Crippen molar-refractivity contribution in [3.63, 3.8) is 0 Å². The molecule has 0 aliphatic heterocycles. The lowest BCUT2D eigenvalue weighted by molar-refractivity contribution is 0.285. The summed E-state index contributed by atoms with van der Waals surface area (Å²) in [5.74, 6) is 2.50. The number of halogens is 1. The van der Waals surface area contributed by atoms with Crippen molar-refractivity contribution >= 4 is 22.6 Å². The number of imidazole rings is 1. The zero-order chi connectivity index (χ0) is 21.5. The van der Waals surface area contributed by atoms with Crippen molar-refractivity contribution in [2.24, 2.45) is 0 Å². The van der Waals surface area contributed by atoms with E-state index in [1.165, 1.54) is 5.56 Å². The van der Waals surface area contributed by atoms with Gasteiger partial charge >= 0.3 is 0 Å². The van der Waals surface area contributed by atoms with Crippen molar-refractivity contribution in [1.82, 2.24) is 9.55 Å². The molecule has 5 heteroatoms. The number of ether oxygens (including phenoxy) is 2. The van der Waals surface area contributed by atoms with Crippen molar-refractivity contribution in [3.05, 3.63) is 89.2 Å². The minimum Gasteiger partial charge on any atom is -0.494 e. The van der Waals surface area contributed by atoms with Crippen LogP contribution in [0.4, 0.5) is 0 Å². The molecule has 1 aromatic heterocycles. The normalized spacial score (nSPS) is 11.0. The van der Waals surface area contributed by atoms with Gasteiger partial charge in [0.15, 0.2) is 0 Å². The van der Waals surface area contributed by atoms with Gasteiger partial charge in [-0.05, 0) is 61.2 Å². The van der Waals surface area contributed by atoms with Gasteiger partial charge in [0, 0.05) is 6.54 Å². The first-order chi connectivity index (χ1) is 15.2. The van der Waals surface area contributed by atoms with Crippen LogP contribution in [0.1, 0.15) is 31.2 Å². The van der Waals surface area contributed by atoms with Crippen LogP contribution < -0.4 is 9.47 Å². The molecule has 1 heterocycles. The lowest BCUT2D eigenvalue weighted by Gasteiger charge is -2.12. The highest BCUT2D eigenvalue weighted by Crippen LogP contribution is 2.25. The molecule has 0 aliphatic rings. The second-order valence-electron chi connectivity index (χ2n) is 7.44. The van der Waals surface area contributed by atoms with E-state index in [4.69, 9.17) is 26.1 Å². The summed E-state index contributed by atoms with van der Waals surface area (Å²) < 4.78 is 14.1. The predicted octanol–water partition coefficient (Wildman–Crippen LogP) is 6.69. The van der Waals surface area contributed by atoms with E-state index in [9.17, 15) is 0 Å². The Bertz CT molecular complexity index is 1120. The molecule has 4 nitrogen and oxygen atoms in total. The quantitative estimate of drug-likeness (QED) is 0.261. The van der Waals surface area contributed by atoms with Crippen LogP contribution in [0.15, 0.2) is 72.8 Å². The summed E-state index contributed by atoms with van der Waals surface area (Å²) in [4.78, 5) is 4.78. The molecular weight excluding hydrogens is 408 g/mol. The lowest BCUT2D eigenvalue weighted by atomic mass is 10.2. The Morgan fingerprint density at radius 2 is 1.65 bits per heavy atom. The fourth-order valence-corrected chi connectivity index (χ4v) is 3.76. The van der Waals surface area contributed by atoms with Gasteiger partial charge < -0.3 is 14.0 Å². The van der Waals surface area contributed by atoms with Gasteiger partial charge in [-0.3, -0.25) is 0 Å². The summed E-state index contributed by atoms with van der Waals surface area (Å²) in [6.45, 7) is 4.09. The molecule has 0 N–H and O–H groups in total. The maximum absolute atomic E-state index is 6.23. The first-order valence-electron chi connectivity index (χ1n) is 10.8. The molecule has 0 atom stereocenters. The highest BCUT2D eigenvalue weighted by molar-refractivity contribution is 6.32. The number of benzene rings is 3. The van der Waals surface area contributed by atoms with Gasteiger partial charge in [-0.2, -0.15) is 0 Å². The minimum atomic E-state index is 0.374. The van der Waals surface area contributed by atoms with E-state index in [-0.39, 0.29) is 0 Å². The third-order valence-corrected chi connectivity index (χ3v) is 5.62. The zero-order valence-corrected chi connectivity index (χ0v) is 18.5. The van der Waals surface area contributed by atoms with Crippen molar-refractivity contribution in [3.8, 4) is 11.5 Å². The number of rotatable bonds is 10. The Balaban J connectivity index is 1.36. The molecule has 0 spiro atoms. The standard InChI is InChI=1S/C26H27ClN2O2/c1-2-20-13-15-21(16-14-20)30-18-8-7-17-29-24-11-5-4-10-23(24)28-26(29)19-31-25-12-6-3-9-22(25)27/h3-6,9-16H,2,7-8,17-19H2,1H3. The molecule has 4 aromatic rings. The fourth-order valence-electron chi connectivity index (χ4n) is 3.57. The van der Waals surface area contributed by atoms with E-state index in [0.29, 0.717) is 24.0 Å². The van der Waals surface area contributed by atoms with E-state index < -0.39 is 0 Å². The molecule has 0 unspecified atom stereocenters. The predicted molar refractivity (Wildman–Crippen MR) is 126 cm³/mol. The fraction of sp³-hybridized carbons (Fsp3) is 0.269. The van der Waals surface area contributed by atoms with Crippen LogP contribution in [-0.4, -0.2) is 16.2 Å². The molecule has 3 aromatic carbocycles. The Morgan fingerprint density at radius 3 is 2.45 bits per heavy atom. The molecule has 160 valence electrons. The largest absolute Gasteiger partial charge is 0.494 e. The number of para-hydroxylation sites is 3. The number of unbranched alkanes of at least 4 members (excludes halogenated alkanes) is 1. The second-order valence-corrected chi connectivity index (χ2v) is 7.85. The van der Waals surface area contributed by atoms with Gasteiger partial charge in [-0.1, -0.05) is 54.9 Å². The Morgan fingerprint density at radius 1 is 0.871 bits per heavy atom. The van der Waals surface area contributed by atoms with Gasteiger partial charge in [0.05, 0.1) is 22.7 Å². The molecule has 0 fully saturated rings. The molecule has 0 radical (unpaired) electrons. The summed E-state index contributed by atoms with van der Waals surface area (Å²) in [6, 6.07) is 24.1. The number of nitrogens with zero attached hydrogens (tertiary/aromatic N) is 2. The van der Waals surface area contributed by atoms with Gasteiger partial charge in [-0.25, -0.2) is 4.98 Å². The lowest BCUT2D eigenvalue weighted by Crippen LogP contribution is -2.09. The summed E-state index contributed by atoms with van der Waals surface area (Å²) in [7, 11) is 0. The van der Waals surface area contributed by atoms with Crippen molar-refractivity contribution in [2.75, 3.05) is 6.61 Å². The first kappa shape index (κ1) is 21.3. The number of aromatic nitrogens is 2. The topological polar surface area (TPSA) is 36.3 Å². The van der Waals surface area contributed by atoms with Gasteiger partial charge in [-0.15, -0.1) is 0 Å². The molecule has 0 saturated carbocycles. The van der Waals surface area contributed by atoms with E-state index in [1.807, 2.05) is 54.6 Å². The molecule has 4 rings (SSSR count). The van der Waals surface area contributed by atoms with Crippen LogP contribution in [0.2, 0.25) is 5.02 Å². The Kier molecular flexibility index (Phi) is 7.11. The van der Waals surface area contributed by atoms with Gasteiger partial charge in [0.2, 0.25) is 0 Å². The number of hydrogen-bond acceptors (Lipinski definition) is 3. The van der Waals surface area contributed by atoms with Crippen LogP contribution >= 0.6 is 11.6 Å². The molecular formula is C26H27ClN2O2. The third-order valence-electron chi connectivity index (χ3n) is 5.30. The smallest absolute Gasteiger partial charge is 0.147 e. The van der Waals surface area contributed by atoms with Crippen LogP contribution in [-0.2, 0) is 19.6 Å². The highest BCUT2D eigenvalue weighted by Gasteiger charge is 2.12. The Hall–Kier alpha value is -2.98. The monoisotopic (exact) mass is 434 g/mol. The Labute approximate surface area is 188 Å². The summed E-state index contributed by atoms with van der Waals surface area (Å²) in [6.07, 6.45) is 3.00. The van der Waals surface area contributed by atoms with Gasteiger partial charge in [0.25, 0.3) is 0 Å². The van der Waals surface area contributed by atoms with Crippen LogP contribution in [0.25, 0.3) is 11.0 Å². The van der Waals surface area contributed by atoms with Crippen molar-refractivity contribution in [1.29, 1.82) is 0 Å². The van der Waals surface area contributed by atoms with Crippen LogP contribution in [0.5, 0.6) is 11.5 Å². The average molecular weight is 435 g/mol. The van der Waals surface area contributed by atoms with Crippen molar-refractivity contribution < 1.29 is 9.47 Å². The number of aryl methyl sites for hydroxylation is 2. The molecule has 31 heavy (non-hydrogen) atoms. The van der Waals surface area contributed by atoms with E-state index >= 15 is 0 Å². The maximum atomic E-state index is 6.23. The maximum Gasteiger partial charge on any atom is 0.147 e. The van der Waals surface area contributed by atoms with Crippen LogP contribution in [0.3, 0.4) is 0 Å². The summed E-state index contributed by atoms with van der Waals surface area (Å²) >= 11 is 6.23. The van der Waals surface area contributed by atoms with Crippen molar-refractivity contribution in [2.45, 2.75) is 39.3 Å². The van der Waals surface area contributed by atoms with Gasteiger partial charge in [0.1, 0.15) is 23.9 Å². The summed E-state index contributed by atoms with van der Waals surface area (Å²) in [5, 5.41) is 0.606. The minimum absolute atomic E-state index is 0.374. The highest BCUT2D eigenvalue weighted by atomic mass is 35.5. The first-order valence-corrected chi connectivity index (χ1v) is 11.2. The third kappa shape index (κ3) is 5.39. The second kappa shape index (κ2) is 10.4. The SMILES string of the molecule is CCc1ccc(OCCCCn2c(COc3ccccc3Cl)nc3ccccc32)cc1. The van der Waals surface area contributed by atoms with E-state index in [1.54, 1.807) is 0 Å². The average Bonchev–Trinajstić information content (AvgIpc) is 3.16. The molecule has 0 saturated heterocycles. The molecule has 0 bridgehead atoms. The molecule has 0 amide bonds. The zero-order valence-electron chi connectivity index (χ0n) is 17.8. The summed E-state index contributed by atoms with van der Waals surface area (Å²) in [5.41, 5.74) is 3.43.